The van der Waals surface area contributed by atoms with Crippen LogP contribution in [0.4, 0.5) is 4.53 Å². The molecule has 6 heteroatoms. The fourth-order valence-corrected chi connectivity index (χ4v) is 1.46. The van der Waals surface area contributed by atoms with Gasteiger partial charge >= 0.3 is 0 Å². The summed E-state index contributed by atoms with van der Waals surface area (Å²) in [6.45, 7) is 4.88. The Hall–Kier alpha value is -1.85. The molecule has 0 saturated heterocycles. The number of aromatic hydroxyl groups is 4. The lowest BCUT2D eigenvalue weighted by atomic mass is 9.85. The van der Waals surface area contributed by atoms with Gasteiger partial charge in [-0.2, -0.15) is 0 Å². The van der Waals surface area contributed by atoms with Gasteiger partial charge in [-0.25, -0.2) is 0 Å². The van der Waals surface area contributed by atoms with Gasteiger partial charge in [-0.3, -0.25) is 4.94 Å². The van der Waals surface area contributed by atoms with Crippen LogP contribution in [0.25, 0.3) is 0 Å². The van der Waals surface area contributed by atoms with Gasteiger partial charge in [0, 0.05) is 10.1 Å². The second-order valence-electron chi connectivity index (χ2n) is 4.43. The molecule has 0 saturated carbocycles. The van der Waals surface area contributed by atoms with Gasteiger partial charge < -0.3 is 20.4 Å². The summed E-state index contributed by atoms with van der Waals surface area (Å²) < 4.78 is 12.1. The number of rotatable bonds is 1. The van der Waals surface area contributed by atoms with Crippen molar-refractivity contribution in [3.8, 4) is 28.7 Å². The lowest BCUT2D eigenvalue weighted by Gasteiger charge is -2.23. The van der Waals surface area contributed by atoms with Crippen molar-refractivity contribution < 1.29 is 29.9 Å². The summed E-state index contributed by atoms with van der Waals surface area (Å²) in [5.74, 6) is -4.35. The van der Waals surface area contributed by atoms with Crippen molar-refractivity contribution >= 4 is 0 Å². The molecule has 0 spiro atoms. The molecule has 0 fully saturated rings. The number of hydrogen-bond donors (Lipinski definition) is 4. The van der Waals surface area contributed by atoms with Crippen LogP contribution in [0.15, 0.2) is 0 Å². The van der Waals surface area contributed by atoms with Gasteiger partial charge in [0.2, 0.25) is 11.5 Å². The number of phenols is 4. The molecule has 1 aromatic rings. The molecule has 16 heavy (non-hydrogen) atoms. The third-order valence-corrected chi connectivity index (χ3v) is 2.18. The Bertz CT molecular complexity index is 422. The van der Waals surface area contributed by atoms with Crippen molar-refractivity contribution in [1.29, 1.82) is 0 Å². The molecule has 0 bridgehead atoms. The van der Waals surface area contributed by atoms with Crippen LogP contribution in [0.5, 0.6) is 28.7 Å². The lowest BCUT2D eigenvalue weighted by molar-refractivity contribution is -0.0125. The summed E-state index contributed by atoms with van der Waals surface area (Å²) in [6, 6.07) is 0. The smallest absolute Gasteiger partial charge is 0.259 e. The molecule has 5 nitrogen and oxygen atoms in total. The third kappa shape index (κ3) is 1.66. The van der Waals surface area contributed by atoms with Gasteiger partial charge in [0.25, 0.3) is 5.75 Å². The second-order valence-corrected chi connectivity index (χ2v) is 4.43. The largest absolute Gasteiger partial charge is 0.504 e. The highest BCUT2D eigenvalue weighted by molar-refractivity contribution is 5.69. The van der Waals surface area contributed by atoms with Crippen molar-refractivity contribution in [2.75, 3.05) is 0 Å². The van der Waals surface area contributed by atoms with Crippen LogP contribution in [0.3, 0.4) is 0 Å². The number of phenolic OH excluding ortho intramolecular Hbond substituents is 4. The van der Waals surface area contributed by atoms with Crippen molar-refractivity contribution in [3.05, 3.63) is 5.56 Å². The zero-order valence-corrected chi connectivity index (χ0v) is 9.08. The van der Waals surface area contributed by atoms with E-state index in [1.807, 2.05) is 0 Å². The molecule has 4 N–H and O–H groups in total. The van der Waals surface area contributed by atoms with Gasteiger partial charge in [-0.15, -0.1) is 0 Å². The van der Waals surface area contributed by atoms with E-state index in [1.165, 1.54) is 0 Å². The minimum atomic E-state index is -1.05. The van der Waals surface area contributed by atoms with Crippen LogP contribution in [-0.2, 0) is 5.41 Å². The molecule has 0 aromatic heterocycles. The average molecular weight is 232 g/mol. The maximum absolute atomic E-state index is 12.1. The second kappa shape index (κ2) is 3.62. The highest BCUT2D eigenvalue weighted by Gasteiger charge is 2.31. The minimum Gasteiger partial charge on any atom is -0.504 e. The molecule has 0 unspecified atom stereocenters. The van der Waals surface area contributed by atoms with Crippen molar-refractivity contribution in [3.63, 3.8) is 0 Å². The van der Waals surface area contributed by atoms with E-state index in [0.717, 1.165) is 0 Å². The molecule has 0 radical (unpaired) electrons. The molecule has 1 aromatic carbocycles. The Kier molecular flexibility index (Phi) is 2.77. The Morgan fingerprint density at radius 2 is 1.38 bits per heavy atom. The Labute approximate surface area is 91.2 Å². The summed E-state index contributed by atoms with van der Waals surface area (Å²) in [4.78, 5) is 3.28. The SMILES string of the molecule is CC(C)(C)c1c(O)c(O)c(O)c(OF)c1O. The van der Waals surface area contributed by atoms with E-state index in [4.69, 9.17) is 0 Å². The van der Waals surface area contributed by atoms with Gasteiger partial charge in [0.1, 0.15) is 0 Å². The quantitative estimate of drug-likeness (QED) is 0.439. The predicted octanol–water partition coefficient (Wildman–Crippen LogP) is 2.07. The molecular formula is C10H13FO5. The van der Waals surface area contributed by atoms with Gasteiger partial charge in [0.05, 0.1) is 0 Å². The molecule has 0 amide bonds. The predicted molar refractivity (Wildman–Crippen MR) is 53.5 cm³/mol. The van der Waals surface area contributed by atoms with Crippen molar-refractivity contribution in [2.24, 2.45) is 0 Å². The van der Waals surface area contributed by atoms with Crippen LogP contribution in [0.1, 0.15) is 26.3 Å². The Morgan fingerprint density at radius 3 is 1.75 bits per heavy atom. The van der Waals surface area contributed by atoms with E-state index >= 15 is 0 Å². The van der Waals surface area contributed by atoms with E-state index in [0.29, 0.717) is 0 Å². The number of benzene rings is 1. The molecule has 0 heterocycles. The zero-order chi connectivity index (χ0) is 12.7. The fraction of sp³-hybridized carbons (Fsp3) is 0.400. The van der Waals surface area contributed by atoms with Crippen LogP contribution in [0, 0.1) is 0 Å². The third-order valence-electron chi connectivity index (χ3n) is 2.18. The first-order valence-corrected chi connectivity index (χ1v) is 4.50. The van der Waals surface area contributed by atoms with Gasteiger partial charge in [-0.05, 0) is 5.41 Å². The molecule has 1 rings (SSSR count). The Balaban J connectivity index is 3.69. The van der Waals surface area contributed by atoms with E-state index in [9.17, 15) is 25.0 Å². The highest BCUT2D eigenvalue weighted by Crippen LogP contribution is 2.54. The fourth-order valence-electron chi connectivity index (χ4n) is 1.46. The van der Waals surface area contributed by atoms with E-state index in [1.54, 1.807) is 20.8 Å². The summed E-state index contributed by atoms with van der Waals surface area (Å²) in [5, 5.41) is 37.7. The van der Waals surface area contributed by atoms with Crippen LogP contribution >= 0.6 is 0 Å². The number of halogens is 1. The van der Waals surface area contributed by atoms with Crippen LogP contribution in [0.2, 0.25) is 0 Å². The average Bonchev–Trinajstić information content (AvgIpc) is 2.13. The van der Waals surface area contributed by atoms with E-state index < -0.39 is 34.2 Å². The molecule has 0 aliphatic heterocycles. The van der Waals surface area contributed by atoms with Crippen molar-refractivity contribution in [2.45, 2.75) is 26.2 Å². The topological polar surface area (TPSA) is 90.2 Å². The monoisotopic (exact) mass is 232 g/mol. The maximum Gasteiger partial charge on any atom is 0.259 e. The summed E-state index contributed by atoms with van der Waals surface area (Å²) in [5.41, 5.74) is -0.887. The molecule has 0 atom stereocenters. The molecule has 0 aliphatic carbocycles. The molecule has 0 aliphatic rings. The first-order valence-electron chi connectivity index (χ1n) is 4.50. The molecule has 90 valence electrons. The standard InChI is InChI=1S/C10H13FO5/c1-10(2,3)4-5(12)7(14)8(15)9(16-11)6(4)13/h12-15H,1-3H3. The molecular weight excluding hydrogens is 219 g/mol. The first kappa shape index (κ1) is 12.2. The number of hydrogen-bond acceptors (Lipinski definition) is 5. The Morgan fingerprint density at radius 1 is 0.875 bits per heavy atom. The van der Waals surface area contributed by atoms with E-state index in [2.05, 4.69) is 4.94 Å². The summed E-state index contributed by atoms with van der Waals surface area (Å²) in [6.07, 6.45) is 0. The first-order chi connectivity index (χ1) is 7.21. The maximum atomic E-state index is 12.1. The summed E-state index contributed by atoms with van der Waals surface area (Å²) >= 11 is 0. The lowest BCUT2D eigenvalue weighted by Crippen LogP contribution is -2.12. The van der Waals surface area contributed by atoms with Crippen LogP contribution in [-0.4, -0.2) is 20.4 Å². The summed E-state index contributed by atoms with van der Waals surface area (Å²) in [7, 11) is 0. The zero-order valence-electron chi connectivity index (χ0n) is 9.08. The van der Waals surface area contributed by atoms with Gasteiger partial charge in [-0.1, -0.05) is 20.8 Å². The van der Waals surface area contributed by atoms with E-state index in [-0.39, 0.29) is 5.56 Å². The van der Waals surface area contributed by atoms with Gasteiger partial charge in [0.15, 0.2) is 11.5 Å². The van der Waals surface area contributed by atoms with Crippen molar-refractivity contribution in [1.82, 2.24) is 0 Å². The minimum absolute atomic E-state index is 0.115. The normalized spacial score (nSPS) is 11.5. The van der Waals surface area contributed by atoms with Crippen LogP contribution < -0.4 is 4.94 Å². The highest BCUT2D eigenvalue weighted by atomic mass is 19.3.